The number of rotatable bonds is 14. The molecule has 0 fully saturated rings. The fourth-order valence-electron chi connectivity index (χ4n) is 2.91. The molecule has 0 unspecified atom stereocenters. The zero-order valence-electron chi connectivity index (χ0n) is 18.4. The molecule has 0 aromatic heterocycles. The highest BCUT2D eigenvalue weighted by atomic mass is 16.5. The number of anilines is 3. The van der Waals surface area contributed by atoms with E-state index in [1.165, 1.54) is 0 Å². The van der Waals surface area contributed by atoms with E-state index in [1.54, 1.807) is 18.2 Å². The molecule has 0 spiro atoms. The normalized spacial score (nSPS) is 10.4. The lowest BCUT2D eigenvalue weighted by atomic mass is 10.2. The van der Waals surface area contributed by atoms with Gasteiger partial charge in [0.25, 0.3) is 0 Å². The molecule has 7 heteroatoms. The molecule has 3 N–H and O–H groups in total. The van der Waals surface area contributed by atoms with Crippen molar-refractivity contribution < 1.29 is 19.1 Å². The zero-order valence-corrected chi connectivity index (χ0v) is 18.4. The molecule has 2 aromatic rings. The summed E-state index contributed by atoms with van der Waals surface area (Å²) < 4.78 is 11.0. The van der Waals surface area contributed by atoms with Crippen LogP contribution in [0.15, 0.2) is 48.5 Å². The van der Waals surface area contributed by atoms with Gasteiger partial charge in [-0.15, -0.1) is 0 Å². The summed E-state index contributed by atoms with van der Waals surface area (Å²) in [5.74, 6) is 0.456. The van der Waals surface area contributed by atoms with Crippen LogP contribution in [0.1, 0.15) is 39.5 Å². The van der Waals surface area contributed by atoms with E-state index in [1.807, 2.05) is 37.3 Å². The summed E-state index contributed by atoms with van der Waals surface area (Å²) >= 11 is 0. The lowest BCUT2D eigenvalue weighted by molar-refractivity contribution is -0.116. The van der Waals surface area contributed by atoms with Gasteiger partial charge < -0.3 is 25.4 Å². The smallest absolute Gasteiger partial charge is 0.243 e. The van der Waals surface area contributed by atoms with E-state index in [2.05, 4.69) is 22.9 Å². The first-order valence-corrected chi connectivity index (χ1v) is 10.9. The van der Waals surface area contributed by atoms with Gasteiger partial charge in [0.05, 0.1) is 18.8 Å². The number of nitrogens with one attached hydrogen (secondary N) is 3. The number of hydrogen-bond donors (Lipinski definition) is 3. The minimum Gasteiger partial charge on any atom is -0.489 e. The molecule has 2 rings (SSSR count). The molecule has 0 heterocycles. The Bertz CT molecular complexity index is 826. The Morgan fingerprint density at radius 1 is 0.871 bits per heavy atom. The number of para-hydroxylation sites is 2. The monoisotopic (exact) mass is 427 g/mol. The van der Waals surface area contributed by atoms with E-state index in [9.17, 15) is 9.59 Å². The number of carbonyl (C=O) groups excluding carboxylic acids is 2. The van der Waals surface area contributed by atoms with Gasteiger partial charge in [-0.2, -0.15) is 0 Å². The topological polar surface area (TPSA) is 88.7 Å². The molecule has 0 aliphatic carbocycles. The summed E-state index contributed by atoms with van der Waals surface area (Å²) in [4.78, 5) is 24.4. The third-order valence-electron chi connectivity index (χ3n) is 4.45. The first-order chi connectivity index (χ1) is 15.1. The molecule has 0 atom stereocenters. The number of benzene rings is 2. The summed E-state index contributed by atoms with van der Waals surface area (Å²) in [6.45, 7) is 5.72. The van der Waals surface area contributed by atoms with Crippen molar-refractivity contribution in [3.8, 4) is 5.75 Å². The highest BCUT2D eigenvalue weighted by Crippen LogP contribution is 2.23. The zero-order chi connectivity index (χ0) is 22.3. The van der Waals surface area contributed by atoms with Crippen LogP contribution in [0.25, 0.3) is 0 Å². The number of hydrogen-bond acceptors (Lipinski definition) is 5. The maximum atomic E-state index is 12.4. The Balaban J connectivity index is 1.83. The van der Waals surface area contributed by atoms with Gasteiger partial charge in [0.1, 0.15) is 12.4 Å². The van der Waals surface area contributed by atoms with Crippen molar-refractivity contribution in [2.75, 3.05) is 42.3 Å². The van der Waals surface area contributed by atoms with Gasteiger partial charge in [0.15, 0.2) is 0 Å². The van der Waals surface area contributed by atoms with Gasteiger partial charge in [-0.3, -0.25) is 9.59 Å². The highest BCUT2D eigenvalue weighted by Gasteiger charge is 2.08. The highest BCUT2D eigenvalue weighted by molar-refractivity contribution is 5.95. The quantitative estimate of drug-likeness (QED) is 0.381. The molecule has 0 saturated heterocycles. The Hall–Kier alpha value is -3.06. The average Bonchev–Trinajstić information content (AvgIpc) is 2.76. The lowest BCUT2D eigenvalue weighted by Gasteiger charge is -2.13. The van der Waals surface area contributed by atoms with Crippen LogP contribution in [0, 0.1) is 0 Å². The van der Waals surface area contributed by atoms with Crippen LogP contribution in [0.2, 0.25) is 0 Å². The van der Waals surface area contributed by atoms with Crippen molar-refractivity contribution in [3.05, 3.63) is 48.5 Å². The van der Waals surface area contributed by atoms with Crippen LogP contribution in [0.5, 0.6) is 5.75 Å². The van der Waals surface area contributed by atoms with Crippen LogP contribution >= 0.6 is 0 Å². The minimum atomic E-state index is -0.199. The summed E-state index contributed by atoms with van der Waals surface area (Å²) in [6, 6.07) is 14.6. The first kappa shape index (κ1) is 24.2. The molecule has 7 nitrogen and oxygen atoms in total. The number of ether oxygens (including phenoxy) is 2. The van der Waals surface area contributed by atoms with Gasteiger partial charge in [-0.1, -0.05) is 38.0 Å². The summed E-state index contributed by atoms with van der Waals surface area (Å²) in [5, 5.41) is 8.82. The summed E-state index contributed by atoms with van der Waals surface area (Å²) in [6.07, 6.45) is 3.49. The molecule has 0 aliphatic heterocycles. The van der Waals surface area contributed by atoms with Crippen LogP contribution < -0.4 is 20.7 Å². The van der Waals surface area contributed by atoms with Crippen molar-refractivity contribution in [1.82, 2.24) is 0 Å². The van der Waals surface area contributed by atoms with Crippen LogP contribution in [0.4, 0.5) is 17.1 Å². The van der Waals surface area contributed by atoms with Crippen LogP contribution in [0.3, 0.4) is 0 Å². The van der Waals surface area contributed by atoms with Crippen molar-refractivity contribution in [3.63, 3.8) is 0 Å². The predicted molar refractivity (Wildman–Crippen MR) is 125 cm³/mol. The summed E-state index contributed by atoms with van der Waals surface area (Å²) in [7, 11) is 0. The summed E-state index contributed by atoms with van der Waals surface area (Å²) in [5.41, 5.74) is 2.03. The van der Waals surface area contributed by atoms with Crippen LogP contribution in [-0.2, 0) is 14.3 Å². The molecule has 0 bridgehead atoms. The predicted octanol–water partition coefficient (Wildman–Crippen LogP) is 4.67. The van der Waals surface area contributed by atoms with E-state index in [4.69, 9.17) is 9.47 Å². The molecular formula is C24H33N3O4. The molecule has 0 aliphatic rings. The fraction of sp³-hybridized carbons (Fsp3) is 0.417. The largest absolute Gasteiger partial charge is 0.489 e. The van der Waals surface area contributed by atoms with Crippen molar-refractivity contribution in [1.29, 1.82) is 0 Å². The van der Waals surface area contributed by atoms with Crippen molar-refractivity contribution in [2.45, 2.75) is 39.5 Å². The van der Waals surface area contributed by atoms with Crippen molar-refractivity contribution >= 4 is 28.9 Å². The van der Waals surface area contributed by atoms with Gasteiger partial charge in [0, 0.05) is 24.4 Å². The third kappa shape index (κ3) is 9.53. The fourth-order valence-corrected chi connectivity index (χ4v) is 2.91. The average molecular weight is 428 g/mol. The Morgan fingerprint density at radius 3 is 2.35 bits per heavy atom. The number of unbranched alkanes of at least 4 members (excludes halogenated alkanes) is 2. The van der Waals surface area contributed by atoms with E-state index >= 15 is 0 Å². The van der Waals surface area contributed by atoms with E-state index in [-0.39, 0.29) is 18.4 Å². The molecule has 0 saturated carbocycles. The van der Waals surface area contributed by atoms with Crippen LogP contribution in [-0.4, -0.2) is 38.2 Å². The maximum Gasteiger partial charge on any atom is 0.243 e. The molecule has 31 heavy (non-hydrogen) atoms. The Kier molecular flexibility index (Phi) is 11.0. The van der Waals surface area contributed by atoms with E-state index in [0.29, 0.717) is 43.4 Å². The lowest BCUT2D eigenvalue weighted by Crippen LogP contribution is -2.22. The van der Waals surface area contributed by atoms with Gasteiger partial charge in [-0.05, 0) is 43.7 Å². The van der Waals surface area contributed by atoms with E-state index < -0.39 is 0 Å². The Morgan fingerprint density at radius 2 is 1.61 bits per heavy atom. The van der Waals surface area contributed by atoms with E-state index in [0.717, 1.165) is 24.9 Å². The standard InChI is InChI=1S/C24H33N3O4/c1-3-5-6-14-23(28)26-19-10-9-11-20(17-19)27-24(29)18-25-21-12-7-8-13-22(21)31-16-15-30-4-2/h7-13,17,25H,3-6,14-16,18H2,1-2H3,(H,26,28)(H,27,29). The third-order valence-corrected chi connectivity index (χ3v) is 4.45. The molecule has 2 aromatic carbocycles. The molecule has 0 radical (unpaired) electrons. The van der Waals surface area contributed by atoms with Gasteiger partial charge in [0.2, 0.25) is 11.8 Å². The first-order valence-electron chi connectivity index (χ1n) is 10.9. The van der Waals surface area contributed by atoms with Gasteiger partial charge >= 0.3 is 0 Å². The SMILES string of the molecule is CCCCCC(=O)Nc1cccc(NC(=O)CNc2ccccc2OCCOCC)c1. The number of carbonyl (C=O) groups is 2. The maximum absolute atomic E-state index is 12.4. The Labute approximate surface area is 184 Å². The second-order valence-corrected chi connectivity index (χ2v) is 7.03. The second kappa shape index (κ2) is 14.0. The second-order valence-electron chi connectivity index (χ2n) is 7.03. The molecule has 2 amide bonds. The number of amides is 2. The minimum absolute atomic E-state index is 0.0143. The van der Waals surface area contributed by atoms with Gasteiger partial charge in [-0.25, -0.2) is 0 Å². The molecule has 168 valence electrons. The van der Waals surface area contributed by atoms with Crippen molar-refractivity contribution in [2.24, 2.45) is 0 Å². The molecular weight excluding hydrogens is 394 g/mol.